The monoisotopic (exact) mass is 313 g/mol. The predicted octanol–water partition coefficient (Wildman–Crippen LogP) is 3.92. The van der Waals surface area contributed by atoms with Gasteiger partial charge in [0.15, 0.2) is 0 Å². The highest BCUT2D eigenvalue weighted by atomic mass is 35.5. The number of aromatic nitrogens is 2. The van der Waals surface area contributed by atoms with Crippen molar-refractivity contribution < 1.29 is 4.39 Å². The second-order valence-electron chi connectivity index (χ2n) is 4.65. The smallest absolute Gasteiger partial charge is 0.145 e. The third kappa shape index (κ3) is 3.53. The van der Waals surface area contributed by atoms with E-state index in [1.165, 1.54) is 11.5 Å². The molecule has 0 fully saturated rings. The normalized spacial score (nSPS) is 12.6. The van der Waals surface area contributed by atoms with Crippen molar-refractivity contribution in [1.82, 2.24) is 14.9 Å². The molecule has 0 aliphatic rings. The van der Waals surface area contributed by atoms with Crippen molar-refractivity contribution >= 4 is 23.1 Å². The van der Waals surface area contributed by atoms with Gasteiger partial charge in [0, 0.05) is 6.04 Å². The first-order valence-corrected chi connectivity index (χ1v) is 7.73. The summed E-state index contributed by atoms with van der Waals surface area (Å²) in [5.41, 5.74) is 1.50. The maximum atomic E-state index is 14.0. The van der Waals surface area contributed by atoms with Gasteiger partial charge in [0.25, 0.3) is 0 Å². The number of nitrogens with one attached hydrogen (secondary N) is 1. The fraction of sp³-hybridized carbons (Fsp3) is 0.429. The second kappa shape index (κ2) is 7.11. The van der Waals surface area contributed by atoms with Gasteiger partial charge in [0.05, 0.1) is 15.6 Å². The highest BCUT2D eigenvalue weighted by Crippen LogP contribution is 2.27. The summed E-state index contributed by atoms with van der Waals surface area (Å²) < 4.78 is 18.0. The summed E-state index contributed by atoms with van der Waals surface area (Å²) in [5, 5.41) is 7.63. The molecule has 3 nitrogen and oxygen atoms in total. The molecule has 1 unspecified atom stereocenters. The van der Waals surface area contributed by atoms with Crippen LogP contribution in [0.4, 0.5) is 4.39 Å². The molecule has 2 rings (SSSR count). The van der Waals surface area contributed by atoms with E-state index in [1.54, 1.807) is 18.2 Å². The molecular formula is C14H17ClFN3S. The highest BCUT2D eigenvalue weighted by molar-refractivity contribution is 7.05. The maximum absolute atomic E-state index is 14.0. The Bertz CT molecular complexity index is 573. The van der Waals surface area contributed by atoms with Crippen LogP contribution in [0.25, 0.3) is 0 Å². The van der Waals surface area contributed by atoms with Gasteiger partial charge in [0.2, 0.25) is 0 Å². The summed E-state index contributed by atoms with van der Waals surface area (Å²) in [6.45, 7) is 4.89. The van der Waals surface area contributed by atoms with Gasteiger partial charge < -0.3 is 5.32 Å². The number of hydrogen-bond acceptors (Lipinski definition) is 4. The van der Waals surface area contributed by atoms with Gasteiger partial charge in [-0.05, 0) is 49.5 Å². The van der Waals surface area contributed by atoms with E-state index in [4.69, 9.17) is 11.6 Å². The summed E-state index contributed by atoms with van der Waals surface area (Å²) in [6, 6.07) is 5.12. The van der Waals surface area contributed by atoms with Crippen molar-refractivity contribution in [3.05, 3.63) is 45.2 Å². The van der Waals surface area contributed by atoms with Crippen LogP contribution < -0.4 is 5.32 Å². The molecule has 0 aliphatic heterocycles. The Morgan fingerprint density at radius 2 is 2.25 bits per heavy atom. The zero-order chi connectivity index (χ0) is 14.5. The van der Waals surface area contributed by atoms with Crippen LogP contribution in [0.5, 0.6) is 0 Å². The van der Waals surface area contributed by atoms with E-state index in [-0.39, 0.29) is 16.9 Å². The summed E-state index contributed by atoms with van der Waals surface area (Å²) in [7, 11) is 0. The summed E-state index contributed by atoms with van der Waals surface area (Å²) in [4.78, 5) is 1.05. The van der Waals surface area contributed by atoms with Crippen LogP contribution in [-0.4, -0.2) is 16.1 Å². The van der Waals surface area contributed by atoms with Crippen molar-refractivity contribution in [2.75, 3.05) is 6.54 Å². The maximum Gasteiger partial charge on any atom is 0.145 e. The Morgan fingerprint density at radius 1 is 1.45 bits per heavy atom. The Morgan fingerprint density at radius 3 is 2.90 bits per heavy atom. The molecule has 1 aromatic carbocycles. The highest BCUT2D eigenvalue weighted by Gasteiger charge is 2.19. The molecule has 0 saturated heterocycles. The molecule has 1 heterocycles. The Hall–Kier alpha value is -1.04. The van der Waals surface area contributed by atoms with Gasteiger partial charge in [-0.1, -0.05) is 35.1 Å². The first kappa shape index (κ1) is 15.4. The quantitative estimate of drug-likeness (QED) is 0.878. The van der Waals surface area contributed by atoms with E-state index in [9.17, 15) is 4.39 Å². The topological polar surface area (TPSA) is 37.8 Å². The van der Waals surface area contributed by atoms with Crippen LogP contribution in [0, 0.1) is 12.7 Å². The lowest BCUT2D eigenvalue weighted by molar-refractivity contribution is 0.517. The van der Waals surface area contributed by atoms with Gasteiger partial charge in [-0.15, -0.1) is 5.10 Å². The third-order valence-electron chi connectivity index (χ3n) is 3.10. The van der Waals surface area contributed by atoms with Crippen LogP contribution in [0.15, 0.2) is 18.2 Å². The van der Waals surface area contributed by atoms with Crippen molar-refractivity contribution in [2.24, 2.45) is 0 Å². The molecule has 0 radical (unpaired) electrons. The van der Waals surface area contributed by atoms with E-state index in [2.05, 4.69) is 21.8 Å². The number of nitrogens with zero attached hydrogens (tertiary/aromatic N) is 2. The standard InChI is InChI=1S/C14H17ClFN3S/c1-3-7-17-12(14-9(2)18-19-20-14)8-10-5-4-6-11(15)13(10)16/h4-6,12,17H,3,7-8H2,1-2H3. The predicted molar refractivity (Wildman–Crippen MR) is 80.8 cm³/mol. The molecule has 0 saturated carbocycles. The van der Waals surface area contributed by atoms with E-state index < -0.39 is 0 Å². The second-order valence-corrected chi connectivity index (χ2v) is 5.84. The molecule has 0 amide bonds. The first-order chi connectivity index (χ1) is 9.63. The molecular weight excluding hydrogens is 297 g/mol. The van der Waals surface area contributed by atoms with Crippen molar-refractivity contribution in [3.8, 4) is 0 Å². The lowest BCUT2D eigenvalue weighted by atomic mass is 10.0. The van der Waals surface area contributed by atoms with E-state index in [1.807, 2.05) is 6.92 Å². The SMILES string of the molecule is CCCNC(Cc1cccc(Cl)c1F)c1snnc1C. The van der Waals surface area contributed by atoms with Crippen LogP contribution in [0.3, 0.4) is 0 Å². The zero-order valence-corrected chi connectivity index (χ0v) is 13.1. The molecule has 1 N–H and O–H groups in total. The lowest BCUT2D eigenvalue weighted by Crippen LogP contribution is -2.24. The van der Waals surface area contributed by atoms with Gasteiger partial charge in [-0.25, -0.2) is 4.39 Å². The van der Waals surface area contributed by atoms with Gasteiger partial charge in [-0.2, -0.15) is 0 Å². The summed E-state index contributed by atoms with van der Waals surface area (Å²) in [6.07, 6.45) is 1.55. The number of hydrogen-bond donors (Lipinski definition) is 1. The van der Waals surface area contributed by atoms with Gasteiger partial charge in [0.1, 0.15) is 5.82 Å². The van der Waals surface area contributed by atoms with E-state index in [0.29, 0.717) is 12.0 Å². The molecule has 0 bridgehead atoms. The van der Waals surface area contributed by atoms with Crippen LogP contribution >= 0.6 is 23.1 Å². The summed E-state index contributed by atoms with van der Waals surface area (Å²) in [5.74, 6) is -0.340. The molecule has 20 heavy (non-hydrogen) atoms. The fourth-order valence-electron chi connectivity index (χ4n) is 2.06. The van der Waals surface area contributed by atoms with Crippen molar-refractivity contribution in [3.63, 3.8) is 0 Å². The molecule has 6 heteroatoms. The van der Waals surface area contributed by atoms with Crippen LogP contribution in [-0.2, 0) is 6.42 Å². The molecule has 0 spiro atoms. The van der Waals surface area contributed by atoms with E-state index >= 15 is 0 Å². The summed E-state index contributed by atoms with van der Waals surface area (Å²) >= 11 is 7.20. The first-order valence-electron chi connectivity index (χ1n) is 6.58. The fourth-order valence-corrected chi connectivity index (χ4v) is 2.97. The minimum atomic E-state index is -0.340. The Labute approximate surface area is 127 Å². The van der Waals surface area contributed by atoms with E-state index in [0.717, 1.165) is 23.5 Å². The number of rotatable bonds is 6. The Kier molecular flexibility index (Phi) is 5.46. The van der Waals surface area contributed by atoms with Crippen molar-refractivity contribution in [2.45, 2.75) is 32.7 Å². The molecule has 108 valence electrons. The van der Waals surface area contributed by atoms with Gasteiger partial charge >= 0.3 is 0 Å². The molecule has 2 aromatic rings. The van der Waals surface area contributed by atoms with Crippen molar-refractivity contribution in [1.29, 1.82) is 0 Å². The van der Waals surface area contributed by atoms with Crippen LogP contribution in [0.1, 0.15) is 35.5 Å². The average molecular weight is 314 g/mol. The lowest BCUT2D eigenvalue weighted by Gasteiger charge is -2.18. The zero-order valence-electron chi connectivity index (χ0n) is 11.5. The largest absolute Gasteiger partial charge is 0.309 e. The number of halogens is 2. The molecule has 1 atom stereocenters. The molecule has 0 aliphatic carbocycles. The average Bonchev–Trinajstić information content (AvgIpc) is 2.85. The number of aryl methyl sites for hydroxylation is 1. The Balaban J connectivity index is 2.24. The van der Waals surface area contributed by atoms with Crippen LogP contribution in [0.2, 0.25) is 5.02 Å². The minimum Gasteiger partial charge on any atom is -0.309 e. The molecule has 1 aromatic heterocycles. The third-order valence-corrected chi connectivity index (χ3v) is 4.33. The van der Waals surface area contributed by atoms with Gasteiger partial charge in [-0.3, -0.25) is 0 Å². The minimum absolute atomic E-state index is 0.0166. The number of benzene rings is 1.